The number of fused-ring (bicyclic) bond motifs is 1. The van der Waals surface area contributed by atoms with E-state index in [2.05, 4.69) is 0 Å². The highest BCUT2D eigenvalue weighted by Gasteiger charge is 2.44. The van der Waals surface area contributed by atoms with Gasteiger partial charge in [-0.2, -0.15) is 0 Å². The van der Waals surface area contributed by atoms with Crippen molar-refractivity contribution in [1.29, 1.82) is 0 Å². The van der Waals surface area contributed by atoms with Crippen molar-refractivity contribution in [2.24, 2.45) is 0 Å². The number of benzene rings is 1. The predicted molar refractivity (Wildman–Crippen MR) is 103 cm³/mol. The Hall–Kier alpha value is -1.38. The van der Waals surface area contributed by atoms with Gasteiger partial charge in [-0.1, -0.05) is 0 Å². The average Bonchev–Trinajstić information content (AvgIpc) is 2.68. The maximum Gasteiger partial charge on any atom is 0.127 e. The second-order valence-electron chi connectivity index (χ2n) is 8.49. The molecule has 1 unspecified atom stereocenters. The van der Waals surface area contributed by atoms with Crippen molar-refractivity contribution in [3.63, 3.8) is 0 Å². The number of aliphatic hydroxyl groups excluding tert-OH is 4. The fourth-order valence-electron chi connectivity index (χ4n) is 4.34. The van der Waals surface area contributed by atoms with Gasteiger partial charge >= 0.3 is 0 Å². The lowest BCUT2D eigenvalue weighted by atomic mass is 9.83. The maximum absolute atomic E-state index is 10.3. The van der Waals surface area contributed by atoms with Gasteiger partial charge in [0.1, 0.15) is 41.5 Å². The van der Waals surface area contributed by atoms with Crippen molar-refractivity contribution in [2.45, 2.75) is 89.5 Å². The molecule has 7 heteroatoms. The molecule has 7 nitrogen and oxygen atoms in total. The smallest absolute Gasteiger partial charge is 0.127 e. The maximum atomic E-state index is 10.3. The van der Waals surface area contributed by atoms with Gasteiger partial charge in [0, 0.05) is 5.56 Å². The molecule has 0 bridgehead atoms. The molecule has 0 spiro atoms. The van der Waals surface area contributed by atoms with Gasteiger partial charge in [-0.05, 0) is 70.1 Å². The van der Waals surface area contributed by atoms with E-state index in [-0.39, 0.29) is 0 Å². The number of rotatable bonds is 4. The first-order valence-electron chi connectivity index (χ1n) is 9.90. The van der Waals surface area contributed by atoms with E-state index in [4.69, 9.17) is 9.47 Å². The van der Waals surface area contributed by atoms with E-state index < -0.39 is 42.7 Å². The molecule has 1 aromatic rings. The number of hydrogen-bond donors (Lipinski definition) is 5. The standard InChI is InChI=1S/C21H32O7/c1-10-11(2)20-13(12(3)16(10)23)5-7-21(4,28-20)8-6-14-17(24)19(26)18(25)15(9-22)27-14/h14-15,17-19,22-26H,5-9H2,1-4H3/t14-,15+,17-,18-,19+,21?/m0/s1. The monoisotopic (exact) mass is 396 g/mol. The molecule has 0 radical (unpaired) electrons. The minimum Gasteiger partial charge on any atom is -0.507 e. The highest BCUT2D eigenvalue weighted by atomic mass is 16.5. The van der Waals surface area contributed by atoms with E-state index in [1.807, 2.05) is 27.7 Å². The van der Waals surface area contributed by atoms with E-state index in [1.54, 1.807) is 0 Å². The molecule has 5 N–H and O–H groups in total. The van der Waals surface area contributed by atoms with Gasteiger partial charge in [-0.25, -0.2) is 0 Å². The lowest BCUT2D eigenvalue weighted by molar-refractivity contribution is -0.231. The largest absolute Gasteiger partial charge is 0.507 e. The molecule has 1 aromatic carbocycles. The number of phenols is 1. The van der Waals surface area contributed by atoms with Crippen molar-refractivity contribution < 1.29 is 35.0 Å². The second kappa shape index (κ2) is 7.80. The van der Waals surface area contributed by atoms with Crippen molar-refractivity contribution in [1.82, 2.24) is 0 Å². The molecular weight excluding hydrogens is 364 g/mol. The second-order valence-corrected chi connectivity index (χ2v) is 8.49. The third-order valence-corrected chi connectivity index (χ3v) is 6.54. The lowest BCUT2D eigenvalue weighted by Crippen LogP contribution is -2.58. The molecule has 3 rings (SSSR count). The van der Waals surface area contributed by atoms with Crippen LogP contribution in [-0.4, -0.2) is 68.3 Å². The van der Waals surface area contributed by atoms with Crippen molar-refractivity contribution >= 4 is 0 Å². The average molecular weight is 396 g/mol. The molecule has 6 atom stereocenters. The van der Waals surface area contributed by atoms with Gasteiger partial charge in [0.2, 0.25) is 0 Å². The van der Waals surface area contributed by atoms with Crippen LogP contribution in [0.5, 0.6) is 11.5 Å². The molecule has 2 aliphatic rings. The van der Waals surface area contributed by atoms with Gasteiger partial charge in [0.15, 0.2) is 0 Å². The number of aromatic hydroxyl groups is 1. The third kappa shape index (κ3) is 3.62. The Bertz CT molecular complexity index is 732. The Balaban J connectivity index is 1.74. The molecule has 2 aliphatic heterocycles. The highest BCUT2D eigenvalue weighted by molar-refractivity contribution is 5.58. The van der Waals surface area contributed by atoms with Crippen LogP contribution in [0.1, 0.15) is 48.4 Å². The van der Waals surface area contributed by atoms with E-state index >= 15 is 0 Å². The first kappa shape index (κ1) is 21.3. The summed E-state index contributed by atoms with van der Waals surface area (Å²) in [6, 6.07) is 0. The van der Waals surface area contributed by atoms with Crippen LogP contribution in [0.2, 0.25) is 0 Å². The number of ether oxygens (including phenoxy) is 2. The minimum absolute atomic E-state index is 0.324. The van der Waals surface area contributed by atoms with Crippen LogP contribution in [0.4, 0.5) is 0 Å². The predicted octanol–water partition coefficient (Wildman–Crippen LogP) is 1.02. The first-order valence-corrected chi connectivity index (χ1v) is 9.90. The van der Waals surface area contributed by atoms with Crippen LogP contribution in [0.3, 0.4) is 0 Å². The summed E-state index contributed by atoms with van der Waals surface area (Å²) in [6.45, 7) is 7.30. The third-order valence-electron chi connectivity index (χ3n) is 6.54. The summed E-state index contributed by atoms with van der Waals surface area (Å²) in [5.41, 5.74) is 3.15. The van der Waals surface area contributed by atoms with Gasteiger partial charge in [0.25, 0.3) is 0 Å². The number of aliphatic hydroxyl groups is 4. The SMILES string of the molecule is Cc1c(C)c2c(c(C)c1O)CCC(C)(CC[C@@H]1O[C@H](CO)[C@H](O)[C@H](O)[C@H]1O)O2. The Kier molecular flexibility index (Phi) is 5.94. The highest BCUT2D eigenvalue weighted by Crippen LogP contribution is 2.44. The quantitative estimate of drug-likeness (QED) is 0.515. The molecule has 0 aromatic heterocycles. The molecular formula is C21H32O7. The van der Waals surface area contributed by atoms with Crippen molar-refractivity contribution in [2.75, 3.05) is 6.61 Å². The number of hydrogen-bond acceptors (Lipinski definition) is 7. The lowest BCUT2D eigenvalue weighted by Gasteiger charge is -2.42. The van der Waals surface area contributed by atoms with E-state index in [9.17, 15) is 25.5 Å². The van der Waals surface area contributed by atoms with Crippen molar-refractivity contribution in [3.05, 3.63) is 22.3 Å². The zero-order valence-electron chi connectivity index (χ0n) is 17.0. The van der Waals surface area contributed by atoms with Crippen molar-refractivity contribution in [3.8, 4) is 11.5 Å². The Morgan fingerprint density at radius 2 is 1.61 bits per heavy atom. The molecule has 0 aliphatic carbocycles. The molecule has 1 fully saturated rings. The topological polar surface area (TPSA) is 120 Å². The summed E-state index contributed by atoms with van der Waals surface area (Å²) in [6.07, 6.45) is -2.97. The van der Waals surface area contributed by atoms with Crippen LogP contribution < -0.4 is 4.74 Å². The van der Waals surface area contributed by atoms with Gasteiger partial charge in [-0.15, -0.1) is 0 Å². The Morgan fingerprint density at radius 3 is 2.25 bits per heavy atom. The summed E-state index contributed by atoms with van der Waals surface area (Å²) in [5, 5.41) is 49.8. The fraction of sp³-hybridized carbons (Fsp3) is 0.714. The van der Waals surface area contributed by atoms with E-state index in [1.165, 1.54) is 0 Å². The first-order chi connectivity index (χ1) is 13.1. The van der Waals surface area contributed by atoms with Gasteiger partial charge in [-0.3, -0.25) is 0 Å². The zero-order valence-corrected chi connectivity index (χ0v) is 17.0. The summed E-state index contributed by atoms with van der Waals surface area (Å²) < 4.78 is 12.0. The van der Waals surface area contributed by atoms with Gasteiger partial charge in [0.05, 0.1) is 12.7 Å². The minimum atomic E-state index is -1.35. The van der Waals surface area contributed by atoms with E-state index in [0.717, 1.165) is 40.8 Å². The molecule has 2 heterocycles. The zero-order chi connectivity index (χ0) is 20.8. The summed E-state index contributed by atoms with van der Waals surface area (Å²) in [4.78, 5) is 0. The fourth-order valence-corrected chi connectivity index (χ4v) is 4.34. The summed E-state index contributed by atoms with van der Waals surface area (Å²) >= 11 is 0. The molecule has 0 amide bonds. The molecule has 28 heavy (non-hydrogen) atoms. The molecule has 158 valence electrons. The van der Waals surface area contributed by atoms with Crippen LogP contribution in [-0.2, 0) is 11.2 Å². The van der Waals surface area contributed by atoms with Crippen LogP contribution in [0.15, 0.2) is 0 Å². The summed E-state index contributed by atoms with van der Waals surface area (Å²) in [7, 11) is 0. The van der Waals surface area contributed by atoms with Crippen LogP contribution in [0.25, 0.3) is 0 Å². The molecule has 1 saturated heterocycles. The van der Waals surface area contributed by atoms with Crippen LogP contribution >= 0.6 is 0 Å². The number of phenolic OH excluding ortho intramolecular Hbond substituents is 1. The van der Waals surface area contributed by atoms with E-state index in [0.29, 0.717) is 18.6 Å². The Labute approximate surface area is 165 Å². The molecule has 0 saturated carbocycles. The van der Waals surface area contributed by atoms with Gasteiger partial charge < -0.3 is 35.0 Å². The Morgan fingerprint density at radius 1 is 0.964 bits per heavy atom. The summed E-state index contributed by atoms with van der Waals surface area (Å²) in [5.74, 6) is 1.14. The normalized spacial score (nSPS) is 35.4. The van der Waals surface area contributed by atoms with Crippen LogP contribution in [0, 0.1) is 20.8 Å².